The SMILES string of the molecule is CC1(C)CC[C@]2(C)CC[C@]3(CO)C(=CC[C@@H]4[C@@]5(C)CC[C@H](O)C(C)(C)[C@@H]5CC[C@]43C)[C@@H]2C1. The van der Waals surface area contributed by atoms with Crippen LogP contribution in [-0.4, -0.2) is 22.9 Å². The molecule has 0 heterocycles. The Bertz CT molecular complexity index is 810. The van der Waals surface area contributed by atoms with E-state index in [1.54, 1.807) is 5.57 Å². The van der Waals surface area contributed by atoms with Gasteiger partial charge in [0.05, 0.1) is 12.7 Å². The molecule has 0 amide bonds. The fraction of sp³-hybridized carbons (Fsp3) is 0.933. The minimum Gasteiger partial charge on any atom is -0.395 e. The summed E-state index contributed by atoms with van der Waals surface area (Å²) < 4.78 is 0. The fourth-order valence-corrected chi connectivity index (χ4v) is 10.7. The number of aliphatic hydroxyl groups is 2. The van der Waals surface area contributed by atoms with Gasteiger partial charge < -0.3 is 10.2 Å². The van der Waals surface area contributed by atoms with Crippen molar-refractivity contribution in [1.82, 2.24) is 0 Å². The van der Waals surface area contributed by atoms with Gasteiger partial charge in [0.15, 0.2) is 0 Å². The lowest BCUT2D eigenvalue weighted by atomic mass is 9.33. The van der Waals surface area contributed by atoms with Gasteiger partial charge in [-0.25, -0.2) is 0 Å². The Morgan fingerprint density at radius 1 is 0.844 bits per heavy atom. The molecule has 182 valence electrons. The minimum absolute atomic E-state index is 0.0107. The number of rotatable bonds is 1. The molecule has 2 heteroatoms. The van der Waals surface area contributed by atoms with Crippen molar-refractivity contribution < 1.29 is 10.2 Å². The standard InChI is InChI=1S/C30H50O2/c1-25(2)14-15-27(5)16-17-30(19-31)20(21(27)18-25)8-9-23-28(6)12-11-24(32)26(3,4)22(28)10-13-29(23,30)7/h8,21-24,31-32H,9-19H2,1-7H3/t21-,22-,23+,24-,27+,28-,29+,30-/m0/s1. The number of hydrogen-bond donors (Lipinski definition) is 2. The van der Waals surface area contributed by atoms with E-state index in [4.69, 9.17) is 0 Å². The van der Waals surface area contributed by atoms with Gasteiger partial charge in [0, 0.05) is 5.41 Å². The van der Waals surface area contributed by atoms with Crippen LogP contribution in [0.5, 0.6) is 0 Å². The Labute approximate surface area is 197 Å². The van der Waals surface area contributed by atoms with Crippen LogP contribution in [0, 0.1) is 50.2 Å². The molecule has 5 aliphatic carbocycles. The first kappa shape index (κ1) is 23.4. The average Bonchev–Trinajstić information content (AvgIpc) is 2.71. The third-order valence-corrected chi connectivity index (χ3v) is 13.0. The molecule has 8 atom stereocenters. The van der Waals surface area contributed by atoms with E-state index in [0.29, 0.717) is 35.2 Å². The van der Waals surface area contributed by atoms with Gasteiger partial charge in [-0.05, 0) is 109 Å². The lowest BCUT2D eigenvalue weighted by Gasteiger charge is -2.71. The van der Waals surface area contributed by atoms with Gasteiger partial charge in [-0.2, -0.15) is 0 Å². The molecule has 0 bridgehead atoms. The van der Waals surface area contributed by atoms with Crippen molar-refractivity contribution in [3.63, 3.8) is 0 Å². The monoisotopic (exact) mass is 442 g/mol. The van der Waals surface area contributed by atoms with Gasteiger partial charge in [-0.15, -0.1) is 0 Å². The fourth-order valence-electron chi connectivity index (χ4n) is 10.7. The lowest BCUT2D eigenvalue weighted by molar-refractivity contribution is -0.212. The normalized spacial score (nSPS) is 53.8. The molecule has 2 nitrogen and oxygen atoms in total. The van der Waals surface area contributed by atoms with Crippen molar-refractivity contribution in [2.24, 2.45) is 50.2 Å². The summed E-state index contributed by atoms with van der Waals surface area (Å²) in [7, 11) is 0. The quantitative estimate of drug-likeness (QED) is 0.424. The van der Waals surface area contributed by atoms with Gasteiger partial charge >= 0.3 is 0 Å². The van der Waals surface area contributed by atoms with Crippen LogP contribution < -0.4 is 0 Å². The van der Waals surface area contributed by atoms with Gasteiger partial charge in [0.2, 0.25) is 0 Å². The van der Waals surface area contributed by atoms with Crippen LogP contribution in [0.1, 0.15) is 113 Å². The molecule has 4 fully saturated rings. The molecular weight excluding hydrogens is 392 g/mol. The first-order valence-corrected chi connectivity index (χ1v) is 13.8. The summed E-state index contributed by atoms with van der Waals surface area (Å²) in [6.45, 7) is 17.6. The van der Waals surface area contributed by atoms with E-state index in [2.05, 4.69) is 54.5 Å². The van der Waals surface area contributed by atoms with E-state index in [-0.39, 0.29) is 27.8 Å². The smallest absolute Gasteiger partial charge is 0.0594 e. The van der Waals surface area contributed by atoms with Gasteiger partial charge in [-0.3, -0.25) is 0 Å². The summed E-state index contributed by atoms with van der Waals surface area (Å²) in [5.41, 5.74) is 2.86. The van der Waals surface area contributed by atoms with E-state index in [0.717, 1.165) is 12.8 Å². The number of allylic oxidation sites excluding steroid dienone is 1. The molecule has 32 heavy (non-hydrogen) atoms. The Balaban J connectivity index is 1.60. The van der Waals surface area contributed by atoms with Crippen LogP contribution in [0.2, 0.25) is 0 Å². The Morgan fingerprint density at radius 3 is 2.22 bits per heavy atom. The van der Waals surface area contributed by atoms with Crippen LogP contribution in [-0.2, 0) is 0 Å². The maximum Gasteiger partial charge on any atom is 0.0594 e. The molecule has 5 rings (SSSR count). The maximum absolute atomic E-state index is 11.2. The Hall–Kier alpha value is -0.340. The Morgan fingerprint density at radius 2 is 1.53 bits per heavy atom. The zero-order valence-electron chi connectivity index (χ0n) is 22.1. The van der Waals surface area contributed by atoms with Crippen molar-refractivity contribution in [2.45, 2.75) is 119 Å². The first-order chi connectivity index (χ1) is 14.8. The van der Waals surface area contributed by atoms with E-state index in [1.165, 1.54) is 51.4 Å². The zero-order valence-corrected chi connectivity index (χ0v) is 22.1. The maximum atomic E-state index is 11.2. The molecule has 0 aromatic carbocycles. The molecule has 5 aliphatic rings. The van der Waals surface area contributed by atoms with Crippen LogP contribution in [0.15, 0.2) is 11.6 Å². The number of fused-ring (bicyclic) bond motifs is 7. The van der Waals surface area contributed by atoms with Gasteiger partial charge in [-0.1, -0.05) is 60.1 Å². The highest BCUT2D eigenvalue weighted by molar-refractivity contribution is 5.34. The summed E-state index contributed by atoms with van der Waals surface area (Å²) in [6, 6.07) is 0. The summed E-state index contributed by atoms with van der Waals surface area (Å²) in [5.74, 6) is 1.82. The second-order valence-electron chi connectivity index (χ2n) is 15.2. The highest BCUT2D eigenvalue weighted by Crippen LogP contribution is 2.75. The zero-order chi connectivity index (χ0) is 23.4. The lowest BCUT2D eigenvalue weighted by Crippen LogP contribution is -2.65. The van der Waals surface area contributed by atoms with Crippen LogP contribution in [0.3, 0.4) is 0 Å². The molecule has 0 aliphatic heterocycles. The largest absolute Gasteiger partial charge is 0.395 e. The highest BCUT2D eigenvalue weighted by Gasteiger charge is 2.69. The van der Waals surface area contributed by atoms with Crippen LogP contribution in [0.4, 0.5) is 0 Å². The van der Waals surface area contributed by atoms with Crippen molar-refractivity contribution in [3.05, 3.63) is 11.6 Å². The number of aliphatic hydroxyl groups excluding tert-OH is 2. The van der Waals surface area contributed by atoms with E-state index >= 15 is 0 Å². The molecule has 0 aromatic heterocycles. The second-order valence-corrected chi connectivity index (χ2v) is 15.2. The topological polar surface area (TPSA) is 40.5 Å². The van der Waals surface area contributed by atoms with Crippen molar-refractivity contribution in [2.75, 3.05) is 6.61 Å². The van der Waals surface area contributed by atoms with Crippen molar-refractivity contribution in [1.29, 1.82) is 0 Å². The van der Waals surface area contributed by atoms with Crippen molar-refractivity contribution >= 4 is 0 Å². The minimum atomic E-state index is -0.175. The van der Waals surface area contributed by atoms with Gasteiger partial charge in [0.1, 0.15) is 0 Å². The summed E-state index contributed by atoms with van der Waals surface area (Å²) in [5, 5.41) is 22.1. The molecule has 0 unspecified atom stereocenters. The van der Waals surface area contributed by atoms with Crippen LogP contribution >= 0.6 is 0 Å². The molecule has 0 saturated heterocycles. The molecule has 0 aromatic rings. The van der Waals surface area contributed by atoms with E-state index in [1.807, 2.05) is 0 Å². The molecule has 2 N–H and O–H groups in total. The third-order valence-electron chi connectivity index (χ3n) is 13.0. The first-order valence-electron chi connectivity index (χ1n) is 13.8. The van der Waals surface area contributed by atoms with Crippen LogP contribution in [0.25, 0.3) is 0 Å². The summed E-state index contributed by atoms with van der Waals surface area (Å²) in [6.07, 6.45) is 14.6. The average molecular weight is 443 g/mol. The third kappa shape index (κ3) is 2.78. The molecule has 4 saturated carbocycles. The predicted octanol–water partition coefficient (Wildman–Crippen LogP) is 7.14. The highest BCUT2D eigenvalue weighted by atomic mass is 16.3. The molecular formula is C30H50O2. The van der Waals surface area contributed by atoms with E-state index < -0.39 is 0 Å². The molecule has 0 spiro atoms. The second kappa shape index (κ2) is 6.87. The summed E-state index contributed by atoms with van der Waals surface area (Å²) >= 11 is 0. The number of hydrogen-bond acceptors (Lipinski definition) is 2. The molecule has 0 radical (unpaired) electrons. The van der Waals surface area contributed by atoms with Crippen molar-refractivity contribution in [3.8, 4) is 0 Å². The predicted molar refractivity (Wildman–Crippen MR) is 132 cm³/mol. The van der Waals surface area contributed by atoms with Gasteiger partial charge in [0.25, 0.3) is 0 Å². The van der Waals surface area contributed by atoms with E-state index in [9.17, 15) is 10.2 Å². The Kier molecular flexibility index (Phi) is 5.02. The summed E-state index contributed by atoms with van der Waals surface area (Å²) in [4.78, 5) is 0.